The van der Waals surface area contributed by atoms with Crippen molar-refractivity contribution in [3.8, 4) is 17.2 Å². The van der Waals surface area contributed by atoms with Crippen molar-refractivity contribution in [2.75, 3.05) is 7.05 Å². The number of ether oxygens (including phenoxy) is 1. The van der Waals surface area contributed by atoms with Gasteiger partial charge in [-0.15, -0.1) is 0 Å². The lowest BCUT2D eigenvalue weighted by molar-refractivity contribution is 0.0458. The van der Waals surface area contributed by atoms with Gasteiger partial charge in [0.2, 0.25) is 0 Å². The number of phenols is 2. The smallest absolute Gasteiger partial charge is 0.164 e. The summed E-state index contributed by atoms with van der Waals surface area (Å²) in [5, 5.41) is 34.5. The minimum atomic E-state index is -1.39. The number of fused-ring (bicyclic) bond motifs is 2. The van der Waals surface area contributed by atoms with E-state index in [1.165, 1.54) is 6.07 Å². The van der Waals surface area contributed by atoms with Crippen LogP contribution in [-0.2, 0) is 12.2 Å². The highest BCUT2D eigenvalue weighted by atomic mass is 16.5. The molecule has 0 aromatic heterocycles. The Morgan fingerprint density at radius 1 is 1.14 bits per heavy atom. The van der Waals surface area contributed by atoms with Crippen LogP contribution in [0.5, 0.6) is 17.2 Å². The second-order valence-electron chi connectivity index (χ2n) is 5.52. The molecular formula is C17H19NO4. The molecule has 2 aromatic rings. The second kappa shape index (κ2) is 5.19. The Bertz CT molecular complexity index is 716. The van der Waals surface area contributed by atoms with Gasteiger partial charge in [0, 0.05) is 22.7 Å². The fourth-order valence-corrected chi connectivity index (χ4v) is 3.00. The fraction of sp³-hybridized carbons (Fsp3) is 0.294. The molecule has 0 aliphatic carbocycles. The van der Waals surface area contributed by atoms with E-state index in [2.05, 4.69) is 5.32 Å². The zero-order chi connectivity index (χ0) is 15.9. The van der Waals surface area contributed by atoms with E-state index in [-0.39, 0.29) is 24.1 Å². The van der Waals surface area contributed by atoms with Crippen LogP contribution in [0.4, 0.5) is 0 Å². The van der Waals surface area contributed by atoms with Crippen LogP contribution in [-0.4, -0.2) is 28.4 Å². The van der Waals surface area contributed by atoms with Gasteiger partial charge >= 0.3 is 0 Å². The Balaban J connectivity index is 2.34. The van der Waals surface area contributed by atoms with Gasteiger partial charge < -0.3 is 25.4 Å². The van der Waals surface area contributed by atoms with Gasteiger partial charge in [-0.2, -0.15) is 0 Å². The Labute approximate surface area is 128 Å². The van der Waals surface area contributed by atoms with Crippen molar-refractivity contribution < 1.29 is 20.1 Å². The standard InChI is InChI=1S/C17H19NO4/c1-10(18-2)17(21)12-7-8-14(19)16(20)11(12)9-22-15-6-4-3-5-13(15)17/h3-8,10,18-21H,9H2,1-2H3. The largest absolute Gasteiger partial charge is 0.504 e. The number of phenolic OH excluding ortho intramolecular Hbond substituents is 2. The molecule has 0 radical (unpaired) electrons. The molecule has 0 saturated carbocycles. The molecule has 0 amide bonds. The molecule has 0 bridgehead atoms. The Hall–Kier alpha value is -2.24. The SMILES string of the molecule is CNC(C)C1(O)c2ccccc2OCc2c1ccc(O)c2O. The van der Waals surface area contributed by atoms with Crippen LogP contribution in [0.3, 0.4) is 0 Å². The quantitative estimate of drug-likeness (QED) is 0.636. The zero-order valence-electron chi connectivity index (χ0n) is 12.5. The topological polar surface area (TPSA) is 82.0 Å². The van der Waals surface area contributed by atoms with Gasteiger partial charge in [-0.05, 0) is 26.1 Å². The number of aliphatic hydroxyl groups is 1. The van der Waals surface area contributed by atoms with Crippen molar-refractivity contribution in [1.29, 1.82) is 0 Å². The van der Waals surface area contributed by atoms with Crippen LogP contribution in [0.25, 0.3) is 0 Å². The summed E-state index contributed by atoms with van der Waals surface area (Å²) in [6, 6.07) is 9.93. The van der Waals surface area contributed by atoms with Crippen molar-refractivity contribution >= 4 is 0 Å². The third-order valence-electron chi connectivity index (χ3n) is 4.40. The zero-order valence-corrected chi connectivity index (χ0v) is 12.5. The van der Waals surface area contributed by atoms with Crippen LogP contribution >= 0.6 is 0 Å². The predicted octanol–water partition coefficient (Wildman–Crippen LogP) is 1.83. The Morgan fingerprint density at radius 3 is 2.59 bits per heavy atom. The Kier molecular flexibility index (Phi) is 3.47. The average Bonchev–Trinajstić information content (AvgIpc) is 2.67. The van der Waals surface area contributed by atoms with Gasteiger partial charge in [-0.1, -0.05) is 24.3 Å². The molecule has 5 heteroatoms. The van der Waals surface area contributed by atoms with Crippen molar-refractivity contribution in [2.45, 2.75) is 25.2 Å². The van der Waals surface area contributed by atoms with E-state index in [0.717, 1.165) is 0 Å². The van der Waals surface area contributed by atoms with Gasteiger partial charge in [0.1, 0.15) is 18.0 Å². The molecule has 0 fully saturated rings. The molecule has 3 rings (SSSR count). The summed E-state index contributed by atoms with van der Waals surface area (Å²) in [6.07, 6.45) is 0. The summed E-state index contributed by atoms with van der Waals surface area (Å²) in [5.41, 5.74) is 0.151. The maximum absolute atomic E-state index is 11.5. The summed E-state index contributed by atoms with van der Waals surface area (Å²) >= 11 is 0. The minimum Gasteiger partial charge on any atom is -0.504 e. The van der Waals surface area contributed by atoms with E-state index in [1.54, 1.807) is 19.2 Å². The highest BCUT2D eigenvalue weighted by molar-refractivity contribution is 5.57. The van der Waals surface area contributed by atoms with E-state index in [1.807, 2.05) is 25.1 Å². The first kappa shape index (κ1) is 14.7. The van der Waals surface area contributed by atoms with Crippen molar-refractivity contribution in [3.63, 3.8) is 0 Å². The Morgan fingerprint density at radius 2 is 1.86 bits per heavy atom. The molecule has 2 atom stereocenters. The van der Waals surface area contributed by atoms with Crippen molar-refractivity contribution in [1.82, 2.24) is 5.32 Å². The van der Waals surface area contributed by atoms with Crippen LogP contribution in [0, 0.1) is 0 Å². The molecule has 5 nitrogen and oxygen atoms in total. The van der Waals surface area contributed by atoms with E-state index < -0.39 is 5.60 Å². The molecule has 1 aliphatic rings. The lowest BCUT2D eigenvalue weighted by Crippen LogP contribution is -2.46. The molecular weight excluding hydrogens is 282 g/mol. The number of aromatic hydroxyl groups is 2. The van der Waals surface area contributed by atoms with Gasteiger partial charge in [0.25, 0.3) is 0 Å². The van der Waals surface area contributed by atoms with Crippen LogP contribution in [0.1, 0.15) is 23.6 Å². The predicted molar refractivity (Wildman–Crippen MR) is 82.1 cm³/mol. The summed E-state index contributed by atoms with van der Waals surface area (Å²) < 4.78 is 5.74. The van der Waals surface area contributed by atoms with Crippen LogP contribution in [0.15, 0.2) is 36.4 Å². The molecule has 0 spiro atoms. The average molecular weight is 301 g/mol. The summed E-state index contributed by atoms with van der Waals surface area (Å²) in [5.74, 6) is 0.0713. The normalized spacial score (nSPS) is 21.2. The lowest BCUT2D eigenvalue weighted by Gasteiger charge is -2.35. The third kappa shape index (κ3) is 1.94. The first-order chi connectivity index (χ1) is 10.5. The summed E-state index contributed by atoms with van der Waals surface area (Å²) in [4.78, 5) is 0. The molecule has 0 saturated heterocycles. The number of hydrogen-bond acceptors (Lipinski definition) is 5. The van der Waals surface area contributed by atoms with Crippen molar-refractivity contribution in [2.24, 2.45) is 0 Å². The molecule has 1 aliphatic heterocycles. The number of benzene rings is 2. The highest BCUT2D eigenvalue weighted by Crippen LogP contribution is 2.46. The molecule has 1 heterocycles. The van der Waals surface area contributed by atoms with Gasteiger partial charge in [0.15, 0.2) is 11.5 Å². The highest BCUT2D eigenvalue weighted by Gasteiger charge is 2.43. The van der Waals surface area contributed by atoms with Crippen LogP contribution < -0.4 is 10.1 Å². The monoisotopic (exact) mass is 301 g/mol. The fourth-order valence-electron chi connectivity index (χ4n) is 3.00. The second-order valence-corrected chi connectivity index (χ2v) is 5.52. The van der Waals surface area contributed by atoms with E-state index >= 15 is 0 Å². The lowest BCUT2D eigenvalue weighted by atomic mass is 9.78. The first-order valence-electron chi connectivity index (χ1n) is 7.16. The number of para-hydroxylation sites is 1. The van der Waals surface area contributed by atoms with Crippen LogP contribution in [0.2, 0.25) is 0 Å². The maximum Gasteiger partial charge on any atom is 0.164 e. The van der Waals surface area contributed by atoms with E-state index in [9.17, 15) is 15.3 Å². The maximum atomic E-state index is 11.5. The van der Waals surface area contributed by atoms with Gasteiger partial charge in [0.05, 0.1) is 0 Å². The third-order valence-corrected chi connectivity index (χ3v) is 4.40. The number of likely N-dealkylation sites (N-methyl/N-ethyl adjacent to an activating group) is 1. The van der Waals surface area contributed by atoms with Gasteiger partial charge in [-0.25, -0.2) is 0 Å². The number of rotatable bonds is 2. The minimum absolute atomic E-state index is 0.0747. The summed E-state index contributed by atoms with van der Waals surface area (Å²) in [7, 11) is 1.76. The molecule has 116 valence electrons. The molecule has 2 unspecified atom stereocenters. The number of hydrogen-bond donors (Lipinski definition) is 4. The first-order valence-corrected chi connectivity index (χ1v) is 7.16. The van der Waals surface area contributed by atoms with Gasteiger partial charge in [-0.3, -0.25) is 0 Å². The molecule has 22 heavy (non-hydrogen) atoms. The van der Waals surface area contributed by atoms with E-state index in [4.69, 9.17) is 4.74 Å². The summed E-state index contributed by atoms with van der Waals surface area (Å²) in [6.45, 7) is 1.93. The molecule has 4 N–H and O–H groups in total. The number of nitrogens with one attached hydrogen (secondary N) is 1. The van der Waals surface area contributed by atoms with E-state index in [0.29, 0.717) is 22.4 Å². The van der Waals surface area contributed by atoms with Crippen molar-refractivity contribution in [3.05, 3.63) is 53.1 Å². The molecule has 2 aromatic carbocycles.